The molecule has 0 aliphatic carbocycles. The van der Waals surface area contributed by atoms with Gasteiger partial charge in [-0.3, -0.25) is 0 Å². The van der Waals surface area contributed by atoms with E-state index in [-0.39, 0.29) is 5.41 Å². The molecule has 0 aliphatic rings. The topological polar surface area (TPSA) is 39.6 Å². The van der Waals surface area contributed by atoms with Gasteiger partial charge in [0.1, 0.15) is 6.42 Å². The number of nitrogens with two attached hydrogens (primary N) is 1. The Morgan fingerprint density at radius 2 is 1.68 bits per heavy atom. The summed E-state index contributed by atoms with van der Waals surface area (Å²) in [6.45, 7) is 3.27. The molecule has 22 heavy (non-hydrogen) atoms. The van der Waals surface area contributed by atoms with E-state index >= 15 is 0 Å². The minimum Gasteiger partial charge on any atom is -0.330 e. The zero-order valence-electron chi connectivity index (χ0n) is 13.0. The molecule has 1 atom stereocenters. The first-order chi connectivity index (χ1) is 10.7. The van der Waals surface area contributed by atoms with E-state index in [1.807, 2.05) is 48.5 Å². The molecule has 2 rings (SSSR count). The lowest BCUT2D eigenvalue weighted by Crippen LogP contribution is -2.32. The molecule has 0 aromatic heterocycles. The lowest BCUT2D eigenvalue weighted by Gasteiger charge is -2.27. The van der Waals surface area contributed by atoms with Crippen molar-refractivity contribution in [1.82, 2.24) is 0 Å². The zero-order valence-corrected chi connectivity index (χ0v) is 13.0. The van der Waals surface area contributed by atoms with Gasteiger partial charge in [0.05, 0.1) is 0 Å². The van der Waals surface area contributed by atoms with E-state index in [2.05, 4.69) is 30.1 Å². The smallest absolute Gasteiger partial charge is 0.330 e. The van der Waals surface area contributed by atoms with Gasteiger partial charge in [0.15, 0.2) is 6.61 Å². The van der Waals surface area contributed by atoms with Gasteiger partial charge in [-0.05, 0) is 11.1 Å². The second-order valence-corrected chi connectivity index (χ2v) is 5.63. The van der Waals surface area contributed by atoms with Crippen molar-refractivity contribution >= 4 is 0 Å². The molecule has 0 saturated carbocycles. The minimum absolute atomic E-state index is 0.0871. The average molecular weight is 295 g/mol. The fourth-order valence-corrected chi connectivity index (χ4v) is 2.29. The summed E-state index contributed by atoms with van der Waals surface area (Å²) in [4.78, 5) is 5.33. The van der Waals surface area contributed by atoms with Crippen molar-refractivity contribution in [2.24, 2.45) is 5.73 Å². The van der Waals surface area contributed by atoms with Crippen LogP contribution < -0.4 is 5.73 Å². The van der Waals surface area contributed by atoms with Crippen molar-refractivity contribution in [1.29, 1.82) is 0 Å². The molecule has 0 heterocycles. The number of hydrogen-bond acceptors (Lipinski definition) is 2. The Morgan fingerprint density at radius 3 is 2.32 bits per heavy atom. The third-order valence-electron chi connectivity index (χ3n) is 3.92. The Bertz CT molecular complexity index is 616. The Balaban J connectivity index is 1.80. The maximum Gasteiger partial charge on any atom is 0.354 e. The van der Waals surface area contributed by atoms with E-state index in [1.54, 1.807) is 0 Å². The van der Waals surface area contributed by atoms with E-state index in [0.717, 1.165) is 6.42 Å². The first kappa shape index (κ1) is 16.1. The van der Waals surface area contributed by atoms with Crippen LogP contribution in [0, 0.1) is 6.07 Å². The summed E-state index contributed by atoms with van der Waals surface area (Å²) in [6, 6.07) is 23.3. The van der Waals surface area contributed by atoms with Gasteiger partial charge in [-0.25, -0.2) is 0 Å². The van der Waals surface area contributed by atoms with E-state index in [4.69, 9.17) is 10.6 Å². The number of benzene rings is 2. The lowest BCUT2D eigenvalue weighted by molar-refractivity contribution is 0.208. The Morgan fingerprint density at radius 1 is 1.05 bits per heavy atom. The van der Waals surface area contributed by atoms with Crippen LogP contribution in [0.25, 0.3) is 5.01 Å². The van der Waals surface area contributed by atoms with E-state index in [9.17, 15) is 0 Å². The van der Waals surface area contributed by atoms with Gasteiger partial charge in [0.25, 0.3) is 0 Å². The highest BCUT2D eigenvalue weighted by Gasteiger charge is 2.25. The molecular formula is C19H23N2O+. The molecule has 0 amide bonds. The van der Waals surface area contributed by atoms with Gasteiger partial charge in [-0.15, -0.1) is 0 Å². The number of hydrogen-bond donors (Lipinski definition) is 1. The van der Waals surface area contributed by atoms with Crippen LogP contribution in [0.5, 0.6) is 0 Å². The Hall–Kier alpha value is -2.31. The first-order valence-electron chi connectivity index (χ1n) is 7.59. The van der Waals surface area contributed by atoms with Crippen molar-refractivity contribution in [2.75, 3.05) is 13.2 Å². The lowest BCUT2D eigenvalue weighted by atomic mass is 9.80. The second kappa shape index (κ2) is 8.21. The Labute approximate surface area is 132 Å². The number of nitrogens with zero attached hydrogens (tertiary/aromatic N) is 1. The van der Waals surface area contributed by atoms with Crippen LogP contribution >= 0.6 is 0 Å². The van der Waals surface area contributed by atoms with Gasteiger partial charge >= 0.3 is 6.07 Å². The van der Waals surface area contributed by atoms with E-state index in [0.29, 0.717) is 19.6 Å². The van der Waals surface area contributed by atoms with E-state index < -0.39 is 0 Å². The van der Waals surface area contributed by atoms with Crippen LogP contribution in [0.2, 0.25) is 0 Å². The maximum atomic E-state index is 5.95. The van der Waals surface area contributed by atoms with E-state index in [1.165, 1.54) is 11.1 Å². The average Bonchev–Trinajstić information content (AvgIpc) is 2.59. The summed E-state index contributed by atoms with van der Waals surface area (Å²) in [7, 11) is 0. The summed E-state index contributed by atoms with van der Waals surface area (Å²) in [5.41, 5.74) is 8.27. The predicted octanol–water partition coefficient (Wildman–Crippen LogP) is 3.80. The summed E-state index contributed by atoms with van der Waals surface area (Å²) in [5, 5.41) is 3.91. The molecule has 114 valence electrons. The normalized spacial score (nSPS) is 12.8. The molecule has 0 fully saturated rings. The van der Waals surface area contributed by atoms with Gasteiger partial charge in [-0.1, -0.05) is 67.6 Å². The molecule has 0 saturated heterocycles. The monoisotopic (exact) mass is 295 g/mol. The molecule has 0 aliphatic heterocycles. The standard InChI is InChI=1S/C19H23N2O/c1-19(16-20,18-10-6-3-7-11-18)13-15-22-21-14-12-17-8-4-2-5-9-17/h2-11H,12-13,15-16,20H2,1H3/q+1. The van der Waals surface area contributed by atoms with Crippen LogP contribution in [0.1, 0.15) is 24.5 Å². The molecule has 2 N–H and O–H groups in total. The van der Waals surface area contributed by atoms with Crippen LogP contribution in [0.4, 0.5) is 0 Å². The molecule has 2 aromatic rings. The molecule has 0 spiro atoms. The van der Waals surface area contributed by atoms with Crippen molar-refractivity contribution in [3.63, 3.8) is 0 Å². The molecule has 0 bridgehead atoms. The summed E-state index contributed by atoms with van der Waals surface area (Å²) in [6.07, 6.45) is 1.48. The quantitative estimate of drug-likeness (QED) is 0.650. The van der Waals surface area contributed by atoms with Gasteiger partial charge in [0.2, 0.25) is 5.01 Å². The second-order valence-electron chi connectivity index (χ2n) is 5.63. The maximum absolute atomic E-state index is 5.95. The summed E-state index contributed by atoms with van der Waals surface area (Å²) >= 11 is 0. The first-order valence-corrected chi connectivity index (χ1v) is 7.59. The number of rotatable bonds is 6. The van der Waals surface area contributed by atoms with Crippen molar-refractivity contribution in [3.05, 3.63) is 76.8 Å². The molecule has 0 radical (unpaired) electrons. The van der Waals surface area contributed by atoms with Gasteiger partial charge < -0.3 is 5.73 Å². The van der Waals surface area contributed by atoms with Crippen molar-refractivity contribution in [2.45, 2.75) is 25.2 Å². The largest absolute Gasteiger partial charge is 0.354 e. The SMILES string of the molecule is CC(CN)(CCO[N+]#CCc1ccccc1)c1ccccc1. The molecular weight excluding hydrogens is 272 g/mol. The van der Waals surface area contributed by atoms with Crippen LogP contribution in [-0.2, 0) is 16.7 Å². The van der Waals surface area contributed by atoms with Crippen molar-refractivity contribution < 1.29 is 4.84 Å². The minimum atomic E-state index is -0.0871. The predicted molar refractivity (Wildman–Crippen MR) is 90.8 cm³/mol. The molecule has 3 heteroatoms. The fourth-order valence-electron chi connectivity index (χ4n) is 2.29. The van der Waals surface area contributed by atoms with Gasteiger partial charge in [-0.2, -0.15) is 4.84 Å². The van der Waals surface area contributed by atoms with Gasteiger partial charge in [0, 0.05) is 18.4 Å². The van der Waals surface area contributed by atoms with Crippen molar-refractivity contribution in [3.8, 4) is 6.07 Å². The van der Waals surface area contributed by atoms with Crippen LogP contribution in [-0.4, -0.2) is 13.2 Å². The highest BCUT2D eigenvalue weighted by atomic mass is 16.6. The third-order valence-corrected chi connectivity index (χ3v) is 3.92. The summed E-state index contributed by atoms with van der Waals surface area (Å²) < 4.78 is 0. The molecule has 3 nitrogen and oxygen atoms in total. The third kappa shape index (κ3) is 4.61. The van der Waals surface area contributed by atoms with Crippen LogP contribution in [0.3, 0.4) is 0 Å². The Kier molecular flexibility index (Phi) is 6.00. The zero-order chi connectivity index (χ0) is 15.7. The molecule has 1 unspecified atom stereocenters. The fraction of sp³-hybridized carbons (Fsp3) is 0.316. The molecule has 2 aromatic carbocycles. The highest BCUT2D eigenvalue weighted by Crippen LogP contribution is 2.26. The summed E-state index contributed by atoms with van der Waals surface area (Å²) in [5.74, 6) is 0. The highest BCUT2D eigenvalue weighted by molar-refractivity contribution is 5.24. The van der Waals surface area contributed by atoms with Crippen LogP contribution in [0.15, 0.2) is 60.7 Å².